The van der Waals surface area contributed by atoms with Crippen LogP contribution in [0.3, 0.4) is 0 Å². The maximum absolute atomic E-state index is 11.6. The van der Waals surface area contributed by atoms with Gasteiger partial charge < -0.3 is 10.0 Å². The highest BCUT2D eigenvalue weighted by atomic mass is 32.1. The van der Waals surface area contributed by atoms with E-state index in [1.807, 2.05) is 5.38 Å². The highest BCUT2D eigenvalue weighted by Crippen LogP contribution is 2.12. The Morgan fingerprint density at radius 1 is 1.45 bits per heavy atom. The molecule has 2 rings (SSSR count). The van der Waals surface area contributed by atoms with Gasteiger partial charge in [0.2, 0.25) is 5.91 Å². The van der Waals surface area contributed by atoms with Crippen LogP contribution in [0.25, 0.3) is 0 Å². The van der Waals surface area contributed by atoms with E-state index in [1.54, 1.807) is 14.1 Å². The average molecular weight is 295 g/mol. The van der Waals surface area contributed by atoms with E-state index >= 15 is 0 Å². The van der Waals surface area contributed by atoms with Crippen molar-refractivity contribution in [2.75, 3.05) is 14.1 Å². The van der Waals surface area contributed by atoms with Gasteiger partial charge in [0, 0.05) is 19.5 Å². The summed E-state index contributed by atoms with van der Waals surface area (Å²) in [6.45, 7) is 0.326. The largest absolute Gasteiger partial charge is 0.476 e. The second-order valence-corrected chi connectivity index (χ2v) is 5.25. The smallest absolute Gasteiger partial charge is 0.358 e. The van der Waals surface area contributed by atoms with Gasteiger partial charge in [0.25, 0.3) is 0 Å². The number of hydrogen-bond donors (Lipinski definition) is 1. The lowest BCUT2D eigenvalue weighted by molar-refractivity contribution is -0.127. The van der Waals surface area contributed by atoms with Crippen molar-refractivity contribution in [2.24, 2.45) is 0 Å². The van der Waals surface area contributed by atoms with E-state index in [1.165, 1.54) is 27.1 Å². The highest BCUT2D eigenvalue weighted by Gasteiger charge is 2.12. The summed E-state index contributed by atoms with van der Waals surface area (Å²) in [6, 6.07) is 0. The standard InChI is InChI=1S/C11H13N5O3S/c1-15(2)10(17)3-9-12-7(6-20-9)4-16-5-8(11(18)19)13-14-16/h5-6H,3-4H2,1-2H3,(H,18,19). The molecule has 20 heavy (non-hydrogen) atoms. The number of carbonyl (C=O) groups excluding carboxylic acids is 1. The molecule has 0 saturated carbocycles. The van der Waals surface area contributed by atoms with Crippen molar-refractivity contribution in [2.45, 2.75) is 13.0 Å². The second-order valence-electron chi connectivity index (χ2n) is 4.30. The fraction of sp³-hybridized carbons (Fsp3) is 0.364. The number of carboxylic acid groups (broad SMARTS) is 1. The topological polar surface area (TPSA) is 101 Å². The number of likely N-dealkylation sites (N-methyl/N-ethyl adjacent to an activating group) is 1. The Kier molecular flexibility index (Phi) is 4.08. The van der Waals surface area contributed by atoms with Crippen LogP contribution in [0, 0.1) is 0 Å². The minimum atomic E-state index is -1.12. The predicted octanol–water partition coefficient (Wildman–Crippen LogP) is 0.112. The summed E-state index contributed by atoms with van der Waals surface area (Å²) < 4.78 is 1.40. The molecule has 0 aromatic carbocycles. The molecule has 0 atom stereocenters. The lowest BCUT2D eigenvalue weighted by atomic mass is 10.4. The first-order valence-corrected chi connectivity index (χ1v) is 6.60. The summed E-state index contributed by atoms with van der Waals surface area (Å²) in [5, 5.41) is 18.5. The van der Waals surface area contributed by atoms with Gasteiger partial charge in [-0.05, 0) is 0 Å². The van der Waals surface area contributed by atoms with E-state index in [-0.39, 0.29) is 18.0 Å². The molecule has 0 aliphatic carbocycles. The third kappa shape index (κ3) is 3.38. The van der Waals surface area contributed by atoms with Crippen molar-refractivity contribution < 1.29 is 14.7 Å². The molecule has 0 spiro atoms. The van der Waals surface area contributed by atoms with Gasteiger partial charge in [-0.2, -0.15) is 0 Å². The molecule has 0 unspecified atom stereocenters. The third-order valence-corrected chi connectivity index (χ3v) is 3.38. The van der Waals surface area contributed by atoms with Crippen LogP contribution in [0.1, 0.15) is 21.2 Å². The number of rotatable bonds is 5. The molecule has 0 aliphatic heterocycles. The van der Waals surface area contributed by atoms with E-state index in [2.05, 4.69) is 15.3 Å². The Labute approximate surface area is 118 Å². The lowest BCUT2D eigenvalue weighted by Crippen LogP contribution is -2.23. The molecule has 8 nitrogen and oxygen atoms in total. The quantitative estimate of drug-likeness (QED) is 0.840. The maximum atomic E-state index is 11.6. The van der Waals surface area contributed by atoms with Crippen molar-refractivity contribution in [1.29, 1.82) is 0 Å². The second kappa shape index (κ2) is 5.78. The van der Waals surface area contributed by atoms with E-state index in [0.29, 0.717) is 6.54 Å². The molecule has 0 fully saturated rings. The highest BCUT2D eigenvalue weighted by molar-refractivity contribution is 7.09. The monoisotopic (exact) mass is 295 g/mol. The van der Waals surface area contributed by atoms with Crippen LogP contribution in [0.2, 0.25) is 0 Å². The first-order chi connectivity index (χ1) is 9.45. The Hall–Kier alpha value is -2.29. The molecular weight excluding hydrogens is 282 g/mol. The molecule has 9 heteroatoms. The normalized spacial score (nSPS) is 10.5. The van der Waals surface area contributed by atoms with Crippen LogP contribution in [0.5, 0.6) is 0 Å². The molecule has 106 valence electrons. The molecule has 0 radical (unpaired) electrons. The number of aromatic nitrogens is 4. The minimum Gasteiger partial charge on any atom is -0.476 e. The molecule has 0 aliphatic rings. The predicted molar refractivity (Wildman–Crippen MR) is 70.6 cm³/mol. The molecule has 0 bridgehead atoms. The Balaban J connectivity index is 2.01. The number of carbonyl (C=O) groups is 2. The van der Waals surface area contributed by atoms with Gasteiger partial charge in [-0.3, -0.25) is 4.79 Å². The summed E-state index contributed by atoms with van der Waals surface area (Å²) in [6.07, 6.45) is 1.60. The fourth-order valence-electron chi connectivity index (χ4n) is 1.43. The number of aromatic carboxylic acids is 1. The Morgan fingerprint density at radius 2 is 2.20 bits per heavy atom. The van der Waals surface area contributed by atoms with E-state index < -0.39 is 5.97 Å². The van der Waals surface area contributed by atoms with Crippen LogP contribution in [-0.4, -0.2) is 56.0 Å². The van der Waals surface area contributed by atoms with Crippen LogP contribution in [0.4, 0.5) is 0 Å². The van der Waals surface area contributed by atoms with Crippen LogP contribution in [0.15, 0.2) is 11.6 Å². The number of amides is 1. The first-order valence-electron chi connectivity index (χ1n) is 5.72. The van der Waals surface area contributed by atoms with Gasteiger partial charge in [0.15, 0.2) is 5.69 Å². The first kappa shape index (κ1) is 14.1. The zero-order valence-corrected chi connectivity index (χ0v) is 11.8. The van der Waals surface area contributed by atoms with Gasteiger partial charge in [-0.15, -0.1) is 16.4 Å². The van der Waals surface area contributed by atoms with Gasteiger partial charge in [-0.1, -0.05) is 5.21 Å². The summed E-state index contributed by atoms with van der Waals surface area (Å²) in [5.41, 5.74) is 0.613. The summed E-state index contributed by atoms with van der Waals surface area (Å²) >= 11 is 1.39. The van der Waals surface area contributed by atoms with E-state index in [0.717, 1.165) is 10.7 Å². The lowest BCUT2D eigenvalue weighted by Gasteiger charge is -2.07. The van der Waals surface area contributed by atoms with Crippen molar-refractivity contribution in [3.8, 4) is 0 Å². The average Bonchev–Trinajstić information content (AvgIpc) is 2.99. The van der Waals surface area contributed by atoms with Crippen molar-refractivity contribution in [3.63, 3.8) is 0 Å². The number of carboxylic acids is 1. The number of nitrogens with zero attached hydrogens (tertiary/aromatic N) is 5. The summed E-state index contributed by atoms with van der Waals surface area (Å²) in [4.78, 5) is 28.1. The zero-order valence-electron chi connectivity index (χ0n) is 11.0. The molecule has 2 heterocycles. The van der Waals surface area contributed by atoms with Gasteiger partial charge in [0.05, 0.1) is 24.9 Å². The molecule has 1 amide bonds. The SMILES string of the molecule is CN(C)C(=O)Cc1nc(Cn2cc(C(=O)O)nn2)cs1. The van der Waals surface area contributed by atoms with Gasteiger partial charge in [0.1, 0.15) is 5.01 Å². The van der Waals surface area contributed by atoms with Crippen molar-refractivity contribution in [1.82, 2.24) is 24.9 Å². The molecular formula is C11H13N5O3S. The number of thiazole rings is 1. The summed E-state index contributed by atoms with van der Waals surface area (Å²) in [7, 11) is 3.39. The third-order valence-electron chi connectivity index (χ3n) is 2.48. The van der Waals surface area contributed by atoms with Gasteiger partial charge in [-0.25, -0.2) is 14.5 Å². The summed E-state index contributed by atoms with van der Waals surface area (Å²) in [5.74, 6) is -1.13. The Bertz CT molecular complexity index is 634. The van der Waals surface area contributed by atoms with Crippen LogP contribution < -0.4 is 0 Å². The van der Waals surface area contributed by atoms with Crippen LogP contribution >= 0.6 is 11.3 Å². The zero-order chi connectivity index (χ0) is 14.7. The molecule has 0 saturated heterocycles. The minimum absolute atomic E-state index is 0.0141. The number of hydrogen-bond acceptors (Lipinski definition) is 6. The molecule has 2 aromatic rings. The van der Waals surface area contributed by atoms with E-state index in [4.69, 9.17) is 5.11 Å². The molecule has 2 aromatic heterocycles. The van der Waals surface area contributed by atoms with Crippen molar-refractivity contribution >= 4 is 23.2 Å². The maximum Gasteiger partial charge on any atom is 0.358 e. The Morgan fingerprint density at radius 3 is 2.80 bits per heavy atom. The van der Waals surface area contributed by atoms with Crippen molar-refractivity contribution in [3.05, 3.63) is 28.0 Å². The van der Waals surface area contributed by atoms with Crippen LogP contribution in [-0.2, 0) is 17.8 Å². The fourth-order valence-corrected chi connectivity index (χ4v) is 2.21. The van der Waals surface area contributed by atoms with E-state index in [9.17, 15) is 9.59 Å². The van der Waals surface area contributed by atoms with Gasteiger partial charge >= 0.3 is 5.97 Å². The molecule has 1 N–H and O–H groups in total.